The Bertz CT molecular complexity index is 332. The van der Waals surface area contributed by atoms with Crippen LogP contribution in [0, 0.1) is 0 Å². The lowest BCUT2D eigenvalue weighted by molar-refractivity contribution is 0.0200. The molecule has 2 nitrogen and oxygen atoms in total. The van der Waals surface area contributed by atoms with E-state index in [1.54, 1.807) is 7.11 Å². The van der Waals surface area contributed by atoms with E-state index in [0.29, 0.717) is 12.0 Å². The summed E-state index contributed by atoms with van der Waals surface area (Å²) in [5, 5.41) is 0. The SMILES string of the molecule is COc1cccc([C@H]2CC[C@@H](CI)OC2)c1. The maximum atomic E-state index is 5.82. The van der Waals surface area contributed by atoms with Crippen LogP contribution in [0.2, 0.25) is 0 Å². The molecule has 16 heavy (non-hydrogen) atoms. The molecule has 3 heteroatoms. The van der Waals surface area contributed by atoms with Crippen LogP contribution in [0.4, 0.5) is 0 Å². The van der Waals surface area contributed by atoms with Crippen molar-refractivity contribution < 1.29 is 9.47 Å². The van der Waals surface area contributed by atoms with E-state index in [-0.39, 0.29) is 0 Å². The summed E-state index contributed by atoms with van der Waals surface area (Å²) in [4.78, 5) is 0. The summed E-state index contributed by atoms with van der Waals surface area (Å²) in [6.45, 7) is 0.848. The monoisotopic (exact) mass is 332 g/mol. The van der Waals surface area contributed by atoms with E-state index >= 15 is 0 Å². The highest BCUT2D eigenvalue weighted by molar-refractivity contribution is 14.1. The summed E-state index contributed by atoms with van der Waals surface area (Å²) in [5.41, 5.74) is 1.34. The first-order chi connectivity index (χ1) is 7.83. The smallest absolute Gasteiger partial charge is 0.119 e. The van der Waals surface area contributed by atoms with Crippen LogP contribution in [-0.4, -0.2) is 24.2 Å². The minimum absolute atomic E-state index is 0.461. The molecule has 1 aromatic rings. The minimum atomic E-state index is 0.461. The van der Waals surface area contributed by atoms with Gasteiger partial charge in [0.25, 0.3) is 0 Å². The highest BCUT2D eigenvalue weighted by Gasteiger charge is 2.22. The standard InChI is InChI=1S/C13H17IO2/c1-15-12-4-2-3-10(7-12)11-5-6-13(8-14)16-9-11/h2-4,7,11,13H,5-6,8-9H2,1H3/t11-,13-/m0/s1. The van der Waals surface area contributed by atoms with Crippen molar-refractivity contribution in [2.45, 2.75) is 24.9 Å². The van der Waals surface area contributed by atoms with Gasteiger partial charge in [-0.15, -0.1) is 0 Å². The van der Waals surface area contributed by atoms with Gasteiger partial charge in [-0.25, -0.2) is 0 Å². The second-order valence-corrected chi connectivity index (χ2v) is 5.04. The quantitative estimate of drug-likeness (QED) is 0.624. The lowest BCUT2D eigenvalue weighted by atomic mass is 9.91. The molecule has 2 atom stereocenters. The molecule has 0 aliphatic carbocycles. The Morgan fingerprint density at radius 3 is 2.94 bits per heavy atom. The number of hydrogen-bond acceptors (Lipinski definition) is 2. The van der Waals surface area contributed by atoms with Crippen LogP contribution in [0.15, 0.2) is 24.3 Å². The van der Waals surface area contributed by atoms with E-state index in [0.717, 1.165) is 16.8 Å². The lowest BCUT2D eigenvalue weighted by Crippen LogP contribution is -2.25. The number of alkyl halides is 1. The van der Waals surface area contributed by atoms with Gasteiger partial charge < -0.3 is 9.47 Å². The Hall–Kier alpha value is -0.290. The van der Waals surface area contributed by atoms with Crippen molar-refractivity contribution in [2.75, 3.05) is 18.1 Å². The van der Waals surface area contributed by atoms with Crippen LogP contribution in [0.1, 0.15) is 24.3 Å². The molecule has 0 saturated carbocycles. The predicted octanol–water partition coefficient (Wildman–Crippen LogP) is 3.39. The second-order valence-electron chi connectivity index (χ2n) is 4.16. The summed E-state index contributed by atoms with van der Waals surface area (Å²) >= 11 is 2.39. The largest absolute Gasteiger partial charge is 0.497 e. The van der Waals surface area contributed by atoms with Crippen molar-refractivity contribution in [2.24, 2.45) is 0 Å². The third-order valence-electron chi connectivity index (χ3n) is 3.11. The molecule has 0 N–H and O–H groups in total. The van der Waals surface area contributed by atoms with Gasteiger partial charge in [-0.05, 0) is 30.5 Å². The number of methoxy groups -OCH3 is 1. The molecular formula is C13H17IO2. The third kappa shape index (κ3) is 2.88. The summed E-state index contributed by atoms with van der Waals surface area (Å²) < 4.78 is 12.2. The zero-order valence-electron chi connectivity index (χ0n) is 9.49. The van der Waals surface area contributed by atoms with Crippen LogP contribution in [0.5, 0.6) is 5.75 Å². The summed E-state index contributed by atoms with van der Waals surface area (Å²) in [7, 11) is 1.71. The fourth-order valence-electron chi connectivity index (χ4n) is 2.09. The Morgan fingerprint density at radius 2 is 2.31 bits per heavy atom. The average Bonchev–Trinajstić information content (AvgIpc) is 2.39. The first-order valence-electron chi connectivity index (χ1n) is 5.65. The Morgan fingerprint density at radius 1 is 1.44 bits per heavy atom. The molecule has 0 radical (unpaired) electrons. The van der Waals surface area contributed by atoms with E-state index in [1.807, 2.05) is 6.07 Å². The molecule has 0 spiro atoms. The first kappa shape index (κ1) is 12.2. The van der Waals surface area contributed by atoms with Gasteiger partial charge in [0.15, 0.2) is 0 Å². The Kier molecular flexibility index (Phi) is 4.46. The molecule has 1 saturated heterocycles. The van der Waals surface area contributed by atoms with Crippen molar-refractivity contribution in [1.82, 2.24) is 0 Å². The Labute approximate surface area is 110 Å². The molecule has 0 bridgehead atoms. The Balaban J connectivity index is 2.02. The van der Waals surface area contributed by atoms with E-state index < -0.39 is 0 Å². The molecule has 1 heterocycles. The first-order valence-corrected chi connectivity index (χ1v) is 7.17. The fourth-order valence-corrected chi connectivity index (χ4v) is 2.78. The zero-order valence-corrected chi connectivity index (χ0v) is 11.6. The van der Waals surface area contributed by atoms with Crippen molar-refractivity contribution in [3.63, 3.8) is 0 Å². The van der Waals surface area contributed by atoms with Gasteiger partial charge in [0.1, 0.15) is 5.75 Å². The molecule has 1 aliphatic heterocycles. The number of rotatable bonds is 3. The maximum absolute atomic E-state index is 5.82. The molecule has 88 valence electrons. The van der Waals surface area contributed by atoms with Crippen molar-refractivity contribution >= 4 is 22.6 Å². The number of benzene rings is 1. The average molecular weight is 332 g/mol. The van der Waals surface area contributed by atoms with E-state index in [2.05, 4.69) is 40.8 Å². The molecular weight excluding hydrogens is 315 g/mol. The van der Waals surface area contributed by atoms with Gasteiger partial charge in [-0.1, -0.05) is 34.7 Å². The summed E-state index contributed by atoms with van der Waals surface area (Å²) in [5.74, 6) is 1.47. The molecule has 2 rings (SSSR count). The van der Waals surface area contributed by atoms with Gasteiger partial charge in [-0.3, -0.25) is 0 Å². The highest BCUT2D eigenvalue weighted by Crippen LogP contribution is 2.30. The van der Waals surface area contributed by atoms with Gasteiger partial charge >= 0.3 is 0 Å². The fraction of sp³-hybridized carbons (Fsp3) is 0.538. The maximum Gasteiger partial charge on any atom is 0.119 e. The second kappa shape index (κ2) is 5.87. The van der Waals surface area contributed by atoms with E-state index in [9.17, 15) is 0 Å². The van der Waals surface area contributed by atoms with Crippen molar-refractivity contribution in [3.05, 3.63) is 29.8 Å². The lowest BCUT2D eigenvalue weighted by Gasteiger charge is -2.28. The van der Waals surface area contributed by atoms with Gasteiger partial charge in [0.05, 0.1) is 19.8 Å². The molecule has 0 aromatic heterocycles. The molecule has 0 amide bonds. The predicted molar refractivity (Wildman–Crippen MR) is 73.6 cm³/mol. The highest BCUT2D eigenvalue weighted by atomic mass is 127. The summed E-state index contributed by atoms with van der Waals surface area (Å²) in [6, 6.07) is 8.33. The van der Waals surface area contributed by atoms with E-state index in [1.165, 1.54) is 18.4 Å². The molecule has 1 aliphatic rings. The van der Waals surface area contributed by atoms with Gasteiger partial charge in [0.2, 0.25) is 0 Å². The van der Waals surface area contributed by atoms with E-state index in [4.69, 9.17) is 9.47 Å². The van der Waals surface area contributed by atoms with Crippen LogP contribution in [-0.2, 0) is 4.74 Å². The van der Waals surface area contributed by atoms with Gasteiger partial charge in [0, 0.05) is 10.3 Å². The van der Waals surface area contributed by atoms with Crippen LogP contribution in [0.3, 0.4) is 0 Å². The molecule has 0 unspecified atom stereocenters. The van der Waals surface area contributed by atoms with Crippen LogP contribution in [0.25, 0.3) is 0 Å². The third-order valence-corrected chi connectivity index (χ3v) is 4.09. The number of halogens is 1. The van der Waals surface area contributed by atoms with Gasteiger partial charge in [-0.2, -0.15) is 0 Å². The summed E-state index contributed by atoms with van der Waals surface area (Å²) in [6.07, 6.45) is 2.86. The number of ether oxygens (including phenoxy) is 2. The molecule has 1 fully saturated rings. The number of hydrogen-bond donors (Lipinski definition) is 0. The normalized spacial score (nSPS) is 25.4. The zero-order chi connectivity index (χ0) is 11.4. The van der Waals surface area contributed by atoms with Crippen LogP contribution >= 0.6 is 22.6 Å². The van der Waals surface area contributed by atoms with Crippen molar-refractivity contribution in [1.29, 1.82) is 0 Å². The topological polar surface area (TPSA) is 18.5 Å². The van der Waals surface area contributed by atoms with Crippen molar-refractivity contribution in [3.8, 4) is 5.75 Å². The van der Waals surface area contributed by atoms with Crippen LogP contribution < -0.4 is 4.74 Å². The minimum Gasteiger partial charge on any atom is -0.497 e. The molecule has 1 aromatic carbocycles.